The second kappa shape index (κ2) is 7.14. The molecule has 0 fully saturated rings. The predicted molar refractivity (Wildman–Crippen MR) is 89.2 cm³/mol. The van der Waals surface area contributed by atoms with Gasteiger partial charge >= 0.3 is 0 Å². The van der Waals surface area contributed by atoms with Crippen molar-refractivity contribution in [2.24, 2.45) is 0 Å². The van der Waals surface area contributed by atoms with Gasteiger partial charge in [0.1, 0.15) is 0 Å². The molecule has 0 saturated heterocycles. The van der Waals surface area contributed by atoms with Crippen LogP contribution in [0.2, 0.25) is 0 Å². The minimum absolute atomic E-state index is 0.306. The van der Waals surface area contributed by atoms with Crippen molar-refractivity contribution in [1.29, 1.82) is 0 Å². The summed E-state index contributed by atoms with van der Waals surface area (Å²) in [6, 6.07) is 4.47. The van der Waals surface area contributed by atoms with E-state index >= 15 is 0 Å². The number of nitrogens with zero attached hydrogens (tertiary/aromatic N) is 2. The van der Waals surface area contributed by atoms with E-state index < -0.39 is 0 Å². The quantitative estimate of drug-likeness (QED) is 0.764. The first kappa shape index (κ1) is 16.8. The zero-order valence-corrected chi connectivity index (χ0v) is 14.3. The van der Waals surface area contributed by atoms with Crippen LogP contribution in [0.15, 0.2) is 24.5 Å². The van der Waals surface area contributed by atoms with Crippen molar-refractivity contribution < 1.29 is 9.13 Å². The van der Waals surface area contributed by atoms with E-state index in [2.05, 4.69) is 38.7 Å². The SMILES string of the molecule is CCC(Cc1ccn2ccc(F)c(OC)c12)N(CC)C(C)C. The van der Waals surface area contributed by atoms with Crippen molar-refractivity contribution in [3.8, 4) is 5.75 Å². The Bertz CT molecular complexity index is 621. The van der Waals surface area contributed by atoms with E-state index in [4.69, 9.17) is 4.74 Å². The molecule has 3 nitrogen and oxygen atoms in total. The van der Waals surface area contributed by atoms with Crippen molar-refractivity contribution in [3.05, 3.63) is 35.9 Å². The maximum absolute atomic E-state index is 14.0. The Hall–Kier alpha value is -1.55. The first-order valence-electron chi connectivity index (χ1n) is 8.11. The Labute approximate surface area is 132 Å². The van der Waals surface area contributed by atoms with Gasteiger partial charge in [-0.3, -0.25) is 4.90 Å². The number of ether oxygens (including phenoxy) is 1. The summed E-state index contributed by atoms with van der Waals surface area (Å²) in [6.07, 6.45) is 5.70. The van der Waals surface area contributed by atoms with Crippen LogP contribution < -0.4 is 4.74 Å². The summed E-state index contributed by atoms with van der Waals surface area (Å²) in [7, 11) is 1.53. The molecule has 2 aromatic heterocycles. The third-order valence-corrected chi connectivity index (χ3v) is 4.44. The van der Waals surface area contributed by atoms with Crippen LogP contribution in [0.5, 0.6) is 5.75 Å². The minimum Gasteiger partial charge on any atom is -0.492 e. The van der Waals surface area contributed by atoms with Crippen molar-refractivity contribution in [3.63, 3.8) is 0 Å². The maximum atomic E-state index is 14.0. The third-order valence-electron chi connectivity index (χ3n) is 4.44. The van der Waals surface area contributed by atoms with E-state index in [0.717, 1.165) is 30.5 Å². The minimum atomic E-state index is -0.306. The summed E-state index contributed by atoms with van der Waals surface area (Å²) in [4.78, 5) is 2.50. The highest BCUT2D eigenvalue weighted by Gasteiger charge is 2.21. The summed E-state index contributed by atoms with van der Waals surface area (Å²) >= 11 is 0. The summed E-state index contributed by atoms with van der Waals surface area (Å²) in [5.41, 5.74) is 1.99. The van der Waals surface area contributed by atoms with Crippen LogP contribution in [0.25, 0.3) is 5.52 Å². The van der Waals surface area contributed by atoms with Gasteiger partial charge in [-0.05, 0) is 50.9 Å². The zero-order chi connectivity index (χ0) is 16.3. The van der Waals surface area contributed by atoms with Gasteiger partial charge in [0.15, 0.2) is 11.6 Å². The second-order valence-corrected chi connectivity index (χ2v) is 5.98. The van der Waals surface area contributed by atoms with Crippen LogP contribution in [0.3, 0.4) is 0 Å². The molecule has 2 aromatic rings. The molecular formula is C18H27FN2O. The van der Waals surface area contributed by atoms with Crippen LogP contribution in [0, 0.1) is 5.82 Å². The van der Waals surface area contributed by atoms with Gasteiger partial charge in [-0.25, -0.2) is 4.39 Å². The topological polar surface area (TPSA) is 16.9 Å². The lowest BCUT2D eigenvalue weighted by molar-refractivity contribution is 0.156. The molecular weight excluding hydrogens is 279 g/mol. The number of hydrogen-bond donors (Lipinski definition) is 0. The molecule has 0 saturated carbocycles. The first-order chi connectivity index (χ1) is 10.5. The highest BCUT2D eigenvalue weighted by atomic mass is 19.1. The van der Waals surface area contributed by atoms with Crippen molar-refractivity contribution in [1.82, 2.24) is 9.30 Å². The number of halogens is 1. The Morgan fingerprint density at radius 1 is 1.23 bits per heavy atom. The summed E-state index contributed by atoms with van der Waals surface area (Å²) in [5, 5.41) is 0. The number of rotatable bonds is 7. The van der Waals surface area contributed by atoms with Gasteiger partial charge in [0.25, 0.3) is 0 Å². The molecule has 0 aliphatic heterocycles. The Morgan fingerprint density at radius 3 is 2.45 bits per heavy atom. The molecule has 4 heteroatoms. The first-order valence-corrected chi connectivity index (χ1v) is 8.11. The van der Waals surface area contributed by atoms with E-state index in [1.54, 1.807) is 6.20 Å². The number of aromatic nitrogens is 1. The lowest BCUT2D eigenvalue weighted by Gasteiger charge is -2.33. The predicted octanol–water partition coefficient (Wildman–Crippen LogP) is 4.14. The molecule has 0 aliphatic rings. The number of fused-ring (bicyclic) bond motifs is 1. The molecule has 1 unspecified atom stereocenters. The standard InChI is InChI=1S/C18H27FN2O/c1-6-15(21(7-2)13(3)4)12-14-8-10-20-11-9-16(19)18(22-5)17(14)20/h8-11,13,15H,6-7,12H2,1-5H3. The smallest absolute Gasteiger partial charge is 0.178 e. The van der Waals surface area contributed by atoms with Crippen molar-refractivity contribution in [2.75, 3.05) is 13.7 Å². The molecule has 0 N–H and O–H groups in total. The average molecular weight is 306 g/mol. The van der Waals surface area contributed by atoms with Gasteiger partial charge in [-0.1, -0.05) is 13.8 Å². The van der Waals surface area contributed by atoms with Crippen LogP contribution in [-0.4, -0.2) is 35.0 Å². The van der Waals surface area contributed by atoms with Crippen LogP contribution >= 0.6 is 0 Å². The van der Waals surface area contributed by atoms with Crippen LogP contribution in [0.4, 0.5) is 4.39 Å². The molecule has 2 heterocycles. The van der Waals surface area contributed by atoms with E-state index in [1.165, 1.54) is 13.2 Å². The van der Waals surface area contributed by atoms with E-state index in [9.17, 15) is 4.39 Å². The molecule has 0 amide bonds. The maximum Gasteiger partial charge on any atom is 0.178 e. The highest BCUT2D eigenvalue weighted by Crippen LogP contribution is 2.29. The zero-order valence-electron chi connectivity index (χ0n) is 14.3. The summed E-state index contributed by atoms with van der Waals surface area (Å²) < 4.78 is 21.2. The summed E-state index contributed by atoms with van der Waals surface area (Å²) in [5.74, 6) is 0.0316. The van der Waals surface area contributed by atoms with E-state index in [-0.39, 0.29) is 5.82 Å². The van der Waals surface area contributed by atoms with Gasteiger partial charge in [0.05, 0.1) is 12.6 Å². The van der Waals surface area contributed by atoms with Crippen molar-refractivity contribution in [2.45, 2.75) is 52.6 Å². The van der Waals surface area contributed by atoms with Crippen LogP contribution in [-0.2, 0) is 6.42 Å². The number of pyridine rings is 1. The fourth-order valence-corrected chi connectivity index (χ4v) is 3.37. The number of hydrogen-bond acceptors (Lipinski definition) is 2. The fraction of sp³-hybridized carbons (Fsp3) is 0.556. The largest absolute Gasteiger partial charge is 0.492 e. The second-order valence-electron chi connectivity index (χ2n) is 5.98. The average Bonchev–Trinajstić information content (AvgIpc) is 2.89. The Kier molecular flexibility index (Phi) is 5.46. The number of methoxy groups -OCH3 is 1. The third kappa shape index (κ3) is 3.12. The molecule has 0 radical (unpaired) electrons. The highest BCUT2D eigenvalue weighted by molar-refractivity contribution is 5.67. The number of likely N-dealkylation sites (N-methyl/N-ethyl adjacent to an activating group) is 1. The molecule has 2 rings (SSSR count). The van der Waals surface area contributed by atoms with Gasteiger partial charge in [0.2, 0.25) is 0 Å². The fourth-order valence-electron chi connectivity index (χ4n) is 3.37. The lowest BCUT2D eigenvalue weighted by atomic mass is 10.0. The van der Waals surface area contributed by atoms with Gasteiger partial charge in [0, 0.05) is 24.5 Å². The van der Waals surface area contributed by atoms with Crippen LogP contribution in [0.1, 0.15) is 39.7 Å². The molecule has 0 bridgehead atoms. The molecule has 0 spiro atoms. The Morgan fingerprint density at radius 2 is 1.91 bits per heavy atom. The van der Waals surface area contributed by atoms with Gasteiger partial charge in [-0.2, -0.15) is 0 Å². The normalized spacial score (nSPS) is 13.3. The van der Waals surface area contributed by atoms with Crippen molar-refractivity contribution >= 4 is 5.52 Å². The van der Waals surface area contributed by atoms with E-state index in [1.807, 2.05) is 10.6 Å². The molecule has 1 atom stereocenters. The Balaban J connectivity index is 2.40. The molecule has 22 heavy (non-hydrogen) atoms. The van der Waals surface area contributed by atoms with E-state index in [0.29, 0.717) is 17.8 Å². The summed E-state index contributed by atoms with van der Waals surface area (Å²) in [6.45, 7) is 9.88. The lowest BCUT2D eigenvalue weighted by Crippen LogP contribution is -2.41. The molecule has 122 valence electrons. The molecule has 0 aliphatic carbocycles. The van der Waals surface area contributed by atoms with Gasteiger partial charge in [-0.15, -0.1) is 0 Å². The van der Waals surface area contributed by atoms with Gasteiger partial charge < -0.3 is 9.14 Å². The molecule has 0 aromatic carbocycles. The monoisotopic (exact) mass is 306 g/mol.